The minimum absolute atomic E-state index is 0.122. The molecule has 0 saturated carbocycles. The fourth-order valence-electron chi connectivity index (χ4n) is 2.28. The molecule has 17 heavy (non-hydrogen) atoms. The van der Waals surface area contributed by atoms with E-state index in [-0.39, 0.29) is 11.8 Å². The van der Waals surface area contributed by atoms with Gasteiger partial charge in [-0.2, -0.15) is 0 Å². The van der Waals surface area contributed by atoms with Gasteiger partial charge in [-0.25, -0.2) is 0 Å². The van der Waals surface area contributed by atoms with Gasteiger partial charge in [0.1, 0.15) is 0 Å². The first-order valence-electron chi connectivity index (χ1n) is 6.59. The molecule has 1 saturated heterocycles. The fourth-order valence-corrected chi connectivity index (χ4v) is 2.28. The number of likely N-dealkylation sites (tertiary alicyclic amines) is 1. The van der Waals surface area contributed by atoms with Gasteiger partial charge in [-0.15, -0.1) is 0 Å². The van der Waals surface area contributed by atoms with Crippen molar-refractivity contribution < 1.29 is 4.79 Å². The molecule has 0 unspecified atom stereocenters. The van der Waals surface area contributed by atoms with E-state index < -0.39 is 0 Å². The molecule has 1 aliphatic heterocycles. The molecule has 0 amide bonds. The molecule has 3 heteroatoms. The maximum absolute atomic E-state index is 12.0. The Balaban J connectivity index is 1.92. The number of carbonyl (C=O) groups is 1. The molecule has 0 aromatic heterocycles. The largest absolute Gasteiger partial charge is 0.371 e. The predicted molar refractivity (Wildman–Crippen MR) is 69.7 cm³/mol. The van der Waals surface area contributed by atoms with Crippen LogP contribution in [0, 0.1) is 5.92 Å². The molecular weight excluding hydrogens is 212 g/mol. The first-order valence-corrected chi connectivity index (χ1v) is 6.59. The third kappa shape index (κ3) is 3.19. The molecule has 0 bridgehead atoms. The van der Waals surface area contributed by atoms with E-state index in [4.69, 9.17) is 0 Å². The molecule has 0 aromatic rings. The van der Waals surface area contributed by atoms with Crippen LogP contribution in [0.4, 0.5) is 0 Å². The number of nitrogens with one attached hydrogen (secondary N) is 1. The minimum Gasteiger partial charge on any atom is -0.371 e. The minimum atomic E-state index is -0.122. The van der Waals surface area contributed by atoms with Crippen LogP contribution in [0.1, 0.15) is 26.7 Å². The smallest absolute Gasteiger partial charge is 0.178 e. The number of rotatable bonds is 4. The summed E-state index contributed by atoms with van der Waals surface area (Å²) in [6, 6.07) is -0.122. The number of allylic oxidation sites excluding steroid dienone is 1. The van der Waals surface area contributed by atoms with Crippen LogP contribution in [-0.2, 0) is 4.79 Å². The molecule has 1 heterocycles. The van der Waals surface area contributed by atoms with Gasteiger partial charge < -0.3 is 10.2 Å². The Morgan fingerprint density at radius 3 is 2.71 bits per heavy atom. The van der Waals surface area contributed by atoms with E-state index >= 15 is 0 Å². The standard InChI is InChI=1S/C14H22N2O/c1-11(2)10-15-13-6-5-12(9-14(13)17)16-7-3-4-8-16/h5-6,9,11,13,15H,3-4,7-8,10H2,1-2H3/t13-/m0/s1. The van der Waals surface area contributed by atoms with E-state index in [0.717, 1.165) is 25.3 Å². The molecule has 1 atom stereocenters. The van der Waals surface area contributed by atoms with Crippen LogP contribution in [0.3, 0.4) is 0 Å². The molecule has 2 aliphatic rings. The van der Waals surface area contributed by atoms with Crippen LogP contribution in [0.15, 0.2) is 23.9 Å². The SMILES string of the molecule is CC(C)CN[C@H]1C=CC(N2CCCC2)=CC1=O. The Hall–Kier alpha value is -1.09. The fraction of sp³-hybridized carbons (Fsp3) is 0.643. The normalized spacial score (nSPS) is 24.6. The Labute approximate surface area is 104 Å². The van der Waals surface area contributed by atoms with E-state index in [9.17, 15) is 4.79 Å². The molecule has 1 N–H and O–H groups in total. The average Bonchev–Trinajstić information content (AvgIpc) is 2.80. The van der Waals surface area contributed by atoms with Crippen LogP contribution in [0.5, 0.6) is 0 Å². The number of hydrogen-bond donors (Lipinski definition) is 1. The van der Waals surface area contributed by atoms with Gasteiger partial charge in [-0.05, 0) is 31.4 Å². The highest BCUT2D eigenvalue weighted by atomic mass is 16.1. The summed E-state index contributed by atoms with van der Waals surface area (Å²) >= 11 is 0. The molecule has 0 spiro atoms. The van der Waals surface area contributed by atoms with Crippen molar-refractivity contribution >= 4 is 5.78 Å². The van der Waals surface area contributed by atoms with Crippen molar-refractivity contribution in [3.8, 4) is 0 Å². The topological polar surface area (TPSA) is 32.3 Å². The molecule has 1 fully saturated rings. The molecule has 1 aliphatic carbocycles. The summed E-state index contributed by atoms with van der Waals surface area (Å²) in [4.78, 5) is 14.3. The van der Waals surface area contributed by atoms with Gasteiger partial charge in [0, 0.05) is 24.9 Å². The summed E-state index contributed by atoms with van der Waals surface area (Å²) in [5.41, 5.74) is 1.09. The van der Waals surface area contributed by atoms with Gasteiger partial charge in [0.05, 0.1) is 6.04 Å². The van der Waals surface area contributed by atoms with Crippen LogP contribution in [0.2, 0.25) is 0 Å². The van der Waals surface area contributed by atoms with Crippen LogP contribution < -0.4 is 5.32 Å². The summed E-state index contributed by atoms with van der Waals surface area (Å²) in [7, 11) is 0. The lowest BCUT2D eigenvalue weighted by Gasteiger charge is -2.23. The van der Waals surface area contributed by atoms with E-state index in [2.05, 4.69) is 30.1 Å². The summed E-state index contributed by atoms with van der Waals surface area (Å²) in [6.45, 7) is 7.36. The van der Waals surface area contributed by atoms with Crippen molar-refractivity contribution in [1.29, 1.82) is 0 Å². The van der Waals surface area contributed by atoms with Gasteiger partial charge in [-0.3, -0.25) is 4.79 Å². The van der Waals surface area contributed by atoms with Crippen molar-refractivity contribution in [3.63, 3.8) is 0 Å². The third-order valence-electron chi connectivity index (χ3n) is 3.27. The molecule has 94 valence electrons. The van der Waals surface area contributed by atoms with Crippen LogP contribution in [-0.4, -0.2) is 36.4 Å². The highest BCUT2D eigenvalue weighted by molar-refractivity contribution is 5.97. The van der Waals surface area contributed by atoms with Gasteiger partial charge in [0.15, 0.2) is 5.78 Å². The van der Waals surface area contributed by atoms with Crippen LogP contribution in [0.25, 0.3) is 0 Å². The highest BCUT2D eigenvalue weighted by Gasteiger charge is 2.21. The second kappa shape index (κ2) is 5.50. The Kier molecular flexibility index (Phi) is 4.00. The maximum atomic E-state index is 12.0. The van der Waals surface area contributed by atoms with Gasteiger partial charge in [-0.1, -0.05) is 19.9 Å². The first kappa shape index (κ1) is 12.4. The Morgan fingerprint density at radius 2 is 2.12 bits per heavy atom. The van der Waals surface area contributed by atoms with Gasteiger partial charge in [0.25, 0.3) is 0 Å². The van der Waals surface area contributed by atoms with Crippen molar-refractivity contribution in [2.24, 2.45) is 5.92 Å². The monoisotopic (exact) mass is 234 g/mol. The van der Waals surface area contributed by atoms with Gasteiger partial charge >= 0.3 is 0 Å². The molecule has 0 aromatic carbocycles. The predicted octanol–water partition coefficient (Wildman–Crippen LogP) is 1.72. The number of hydrogen-bond acceptors (Lipinski definition) is 3. The third-order valence-corrected chi connectivity index (χ3v) is 3.27. The van der Waals surface area contributed by atoms with E-state index in [1.807, 2.05) is 6.08 Å². The second-order valence-electron chi connectivity index (χ2n) is 5.30. The Bertz CT molecular complexity index is 338. The molecule has 0 radical (unpaired) electrons. The zero-order valence-corrected chi connectivity index (χ0v) is 10.8. The Morgan fingerprint density at radius 1 is 1.41 bits per heavy atom. The molecule has 3 nitrogen and oxygen atoms in total. The number of ketones is 1. The van der Waals surface area contributed by atoms with Crippen molar-refractivity contribution in [2.75, 3.05) is 19.6 Å². The molecule has 2 rings (SSSR count). The van der Waals surface area contributed by atoms with Crippen molar-refractivity contribution in [1.82, 2.24) is 10.2 Å². The maximum Gasteiger partial charge on any atom is 0.178 e. The first-order chi connectivity index (χ1) is 8.16. The second-order valence-corrected chi connectivity index (χ2v) is 5.30. The summed E-state index contributed by atoms with van der Waals surface area (Å²) < 4.78 is 0. The molecular formula is C14H22N2O. The van der Waals surface area contributed by atoms with Gasteiger partial charge in [0.2, 0.25) is 0 Å². The van der Waals surface area contributed by atoms with E-state index in [1.165, 1.54) is 12.8 Å². The number of nitrogens with zero attached hydrogens (tertiary/aromatic N) is 1. The lowest BCUT2D eigenvalue weighted by atomic mass is 10.0. The summed E-state index contributed by atoms with van der Waals surface area (Å²) in [6.07, 6.45) is 8.37. The zero-order chi connectivity index (χ0) is 12.3. The lowest BCUT2D eigenvalue weighted by Crippen LogP contribution is -2.38. The zero-order valence-electron chi connectivity index (χ0n) is 10.8. The van der Waals surface area contributed by atoms with Crippen molar-refractivity contribution in [3.05, 3.63) is 23.9 Å². The lowest BCUT2D eigenvalue weighted by molar-refractivity contribution is -0.115. The highest BCUT2D eigenvalue weighted by Crippen LogP contribution is 2.18. The van der Waals surface area contributed by atoms with Crippen LogP contribution >= 0.6 is 0 Å². The summed E-state index contributed by atoms with van der Waals surface area (Å²) in [5.74, 6) is 0.759. The average molecular weight is 234 g/mol. The van der Waals surface area contributed by atoms with E-state index in [0.29, 0.717) is 5.92 Å². The van der Waals surface area contributed by atoms with Crippen molar-refractivity contribution in [2.45, 2.75) is 32.7 Å². The number of carbonyl (C=O) groups excluding carboxylic acids is 1. The summed E-state index contributed by atoms with van der Waals surface area (Å²) in [5, 5.41) is 3.28. The quantitative estimate of drug-likeness (QED) is 0.804. The van der Waals surface area contributed by atoms with E-state index in [1.54, 1.807) is 6.08 Å².